The molecule has 4 heteroatoms. The van der Waals surface area contributed by atoms with Gasteiger partial charge in [-0.15, -0.1) is 0 Å². The van der Waals surface area contributed by atoms with Crippen molar-refractivity contribution >= 4 is 5.91 Å². The van der Waals surface area contributed by atoms with Gasteiger partial charge < -0.3 is 16.0 Å². The van der Waals surface area contributed by atoms with Crippen molar-refractivity contribution in [3.63, 3.8) is 0 Å². The van der Waals surface area contributed by atoms with Crippen molar-refractivity contribution in [2.45, 2.75) is 66.0 Å². The van der Waals surface area contributed by atoms with Crippen molar-refractivity contribution in [1.29, 1.82) is 0 Å². The number of rotatable bonds is 10. The highest BCUT2D eigenvalue weighted by Crippen LogP contribution is 2.04. The van der Waals surface area contributed by atoms with Crippen molar-refractivity contribution in [3.8, 4) is 0 Å². The van der Waals surface area contributed by atoms with Gasteiger partial charge in [-0.25, -0.2) is 0 Å². The van der Waals surface area contributed by atoms with Gasteiger partial charge in [0.1, 0.15) is 0 Å². The zero-order valence-electron chi connectivity index (χ0n) is 13.4. The molecule has 0 aliphatic rings. The standard InChI is InChI=1S/C15H33N3O/c1-6-18(7-2)10-8-9-13(5)17-15(19)11-14(16)12(3)4/h12-14H,6-11,16H2,1-5H3,(H,17,19). The molecule has 0 aliphatic carbocycles. The number of carbonyl (C=O) groups excluding carboxylic acids is 1. The fourth-order valence-electron chi connectivity index (χ4n) is 2.02. The van der Waals surface area contributed by atoms with Crippen molar-refractivity contribution in [3.05, 3.63) is 0 Å². The van der Waals surface area contributed by atoms with Crippen LogP contribution in [0.2, 0.25) is 0 Å². The third-order valence-corrected chi connectivity index (χ3v) is 3.69. The van der Waals surface area contributed by atoms with E-state index in [1.807, 2.05) is 13.8 Å². The first-order valence-corrected chi connectivity index (χ1v) is 7.67. The summed E-state index contributed by atoms with van der Waals surface area (Å²) in [7, 11) is 0. The number of hydrogen-bond donors (Lipinski definition) is 2. The Bertz CT molecular complexity index is 240. The molecule has 0 aromatic heterocycles. The molecule has 114 valence electrons. The minimum atomic E-state index is -0.0390. The molecule has 2 unspecified atom stereocenters. The molecule has 0 bridgehead atoms. The molecule has 4 nitrogen and oxygen atoms in total. The first kappa shape index (κ1) is 18.4. The summed E-state index contributed by atoms with van der Waals surface area (Å²) in [5.74, 6) is 0.431. The van der Waals surface area contributed by atoms with Gasteiger partial charge in [-0.3, -0.25) is 4.79 Å². The highest BCUT2D eigenvalue weighted by molar-refractivity contribution is 5.76. The van der Waals surface area contributed by atoms with E-state index in [0.717, 1.165) is 32.5 Å². The van der Waals surface area contributed by atoms with Crippen LogP contribution >= 0.6 is 0 Å². The van der Waals surface area contributed by atoms with Gasteiger partial charge in [0.25, 0.3) is 0 Å². The first-order chi connectivity index (χ1) is 8.90. The van der Waals surface area contributed by atoms with Gasteiger partial charge in [-0.2, -0.15) is 0 Å². The van der Waals surface area contributed by atoms with Crippen molar-refractivity contribution in [2.75, 3.05) is 19.6 Å². The lowest BCUT2D eigenvalue weighted by Gasteiger charge is -2.21. The number of amides is 1. The lowest BCUT2D eigenvalue weighted by molar-refractivity contribution is -0.122. The maximum Gasteiger partial charge on any atom is 0.221 e. The summed E-state index contributed by atoms with van der Waals surface area (Å²) in [6.07, 6.45) is 2.58. The van der Waals surface area contributed by atoms with Gasteiger partial charge in [-0.1, -0.05) is 27.7 Å². The number of hydrogen-bond acceptors (Lipinski definition) is 3. The van der Waals surface area contributed by atoms with Gasteiger partial charge in [0.05, 0.1) is 0 Å². The van der Waals surface area contributed by atoms with Crippen LogP contribution in [-0.2, 0) is 4.79 Å². The molecule has 2 atom stereocenters. The molecular formula is C15H33N3O. The lowest BCUT2D eigenvalue weighted by Crippen LogP contribution is -2.39. The topological polar surface area (TPSA) is 58.4 Å². The summed E-state index contributed by atoms with van der Waals surface area (Å²) in [5, 5.41) is 3.04. The van der Waals surface area contributed by atoms with E-state index in [1.54, 1.807) is 0 Å². The Labute approximate surface area is 119 Å². The van der Waals surface area contributed by atoms with E-state index in [-0.39, 0.29) is 18.0 Å². The molecule has 0 radical (unpaired) electrons. The molecule has 0 rings (SSSR count). The molecule has 19 heavy (non-hydrogen) atoms. The second-order valence-electron chi connectivity index (χ2n) is 5.75. The summed E-state index contributed by atoms with van der Waals surface area (Å²) < 4.78 is 0. The van der Waals surface area contributed by atoms with Crippen molar-refractivity contribution < 1.29 is 4.79 Å². The molecule has 0 aliphatic heterocycles. The maximum absolute atomic E-state index is 11.8. The monoisotopic (exact) mass is 271 g/mol. The molecule has 0 aromatic carbocycles. The van der Waals surface area contributed by atoms with E-state index in [9.17, 15) is 4.79 Å². The molecule has 0 aromatic rings. The molecule has 0 fully saturated rings. The average molecular weight is 271 g/mol. The Morgan fingerprint density at radius 2 is 1.79 bits per heavy atom. The molecule has 0 saturated heterocycles. The highest BCUT2D eigenvalue weighted by atomic mass is 16.1. The molecular weight excluding hydrogens is 238 g/mol. The summed E-state index contributed by atoms with van der Waals surface area (Å²) >= 11 is 0. The average Bonchev–Trinajstić information content (AvgIpc) is 2.34. The van der Waals surface area contributed by atoms with Gasteiger partial charge in [0.2, 0.25) is 5.91 Å². The van der Waals surface area contributed by atoms with E-state index in [0.29, 0.717) is 12.3 Å². The van der Waals surface area contributed by atoms with Gasteiger partial charge in [0, 0.05) is 18.5 Å². The van der Waals surface area contributed by atoms with Crippen LogP contribution in [0.1, 0.15) is 53.9 Å². The SMILES string of the molecule is CCN(CC)CCCC(C)NC(=O)CC(N)C(C)C. The molecule has 3 N–H and O–H groups in total. The first-order valence-electron chi connectivity index (χ1n) is 7.67. The van der Waals surface area contributed by atoms with E-state index in [2.05, 4.69) is 31.0 Å². The summed E-state index contributed by atoms with van der Waals surface area (Å²) in [6, 6.07) is 0.199. The van der Waals surface area contributed by atoms with E-state index >= 15 is 0 Å². The van der Waals surface area contributed by atoms with Crippen LogP contribution < -0.4 is 11.1 Å². The Morgan fingerprint density at radius 1 is 1.21 bits per heavy atom. The number of nitrogens with zero attached hydrogens (tertiary/aromatic N) is 1. The van der Waals surface area contributed by atoms with Crippen LogP contribution in [0.15, 0.2) is 0 Å². The van der Waals surface area contributed by atoms with E-state index in [4.69, 9.17) is 5.73 Å². The Kier molecular flexibility index (Phi) is 9.88. The van der Waals surface area contributed by atoms with Crippen LogP contribution in [0.4, 0.5) is 0 Å². The quantitative estimate of drug-likeness (QED) is 0.639. The molecule has 0 heterocycles. The van der Waals surface area contributed by atoms with Crippen LogP contribution in [-0.4, -0.2) is 42.5 Å². The Hall–Kier alpha value is -0.610. The normalized spacial score (nSPS) is 14.7. The summed E-state index contributed by atoms with van der Waals surface area (Å²) in [5.41, 5.74) is 5.90. The predicted octanol–water partition coefficient (Wildman–Crippen LogP) is 1.99. The summed E-state index contributed by atoms with van der Waals surface area (Å²) in [6.45, 7) is 13.8. The minimum Gasteiger partial charge on any atom is -0.354 e. The number of nitrogens with one attached hydrogen (secondary N) is 1. The zero-order chi connectivity index (χ0) is 14.8. The van der Waals surface area contributed by atoms with E-state index in [1.165, 1.54) is 0 Å². The molecule has 0 spiro atoms. The second-order valence-corrected chi connectivity index (χ2v) is 5.75. The van der Waals surface area contributed by atoms with Gasteiger partial charge in [0.15, 0.2) is 0 Å². The van der Waals surface area contributed by atoms with Crippen molar-refractivity contribution in [2.24, 2.45) is 11.7 Å². The summed E-state index contributed by atoms with van der Waals surface area (Å²) in [4.78, 5) is 14.2. The number of nitrogens with two attached hydrogens (primary N) is 1. The van der Waals surface area contributed by atoms with Gasteiger partial charge >= 0.3 is 0 Å². The smallest absolute Gasteiger partial charge is 0.221 e. The molecule has 1 amide bonds. The molecule has 0 saturated carbocycles. The highest BCUT2D eigenvalue weighted by Gasteiger charge is 2.14. The minimum absolute atomic E-state index is 0.0390. The number of carbonyl (C=O) groups is 1. The zero-order valence-corrected chi connectivity index (χ0v) is 13.4. The Balaban J connectivity index is 3.79. The van der Waals surface area contributed by atoms with Crippen LogP contribution in [0.25, 0.3) is 0 Å². The fourth-order valence-corrected chi connectivity index (χ4v) is 2.02. The van der Waals surface area contributed by atoms with Crippen LogP contribution in [0.5, 0.6) is 0 Å². The maximum atomic E-state index is 11.8. The second kappa shape index (κ2) is 10.2. The third kappa shape index (κ3) is 9.00. The van der Waals surface area contributed by atoms with Crippen LogP contribution in [0, 0.1) is 5.92 Å². The fraction of sp³-hybridized carbons (Fsp3) is 0.933. The van der Waals surface area contributed by atoms with Crippen LogP contribution in [0.3, 0.4) is 0 Å². The Morgan fingerprint density at radius 3 is 2.26 bits per heavy atom. The lowest BCUT2D eigenvalue weighted by atomic mass is 10.0. The third-order valence-electron chi connectivity index (χ3n) is 3.69. The predicted molar refractivity (Wildman–Crippen MR) is 82.1 cm³/mol. The van der Waals surface area contributed by atoms with Gasteiger partial charge in [-0.05, 0) is 45.3 Å². The van der Waals surface area contributed by atoms with E-state index < -0.39 is 0 Å². The van der Waals surface area contributed by atoms with Crippen molar-refractivity contribution in [1.82, 2.24) is 10.2 Å². The largest absolute Gasteiger partial charge is 0.354 e.